The molecule has 2 heteroatoms. The second-order valence-corrected chi connectivity index (χ2v) is 3.65. The molecule has 0 saturated heterocycles. The van der Waals surface area contributed by atoms with Crippen molar-refractivity contribution < 1.29 is 0 Å². The highest BCUT2D eigenvalue weighted by Crippen LogP contribution is 2.11. The first-order valence-corrected chi connectivity index (χ1v) is 4.85. The summed E-state index contributed by atoms with van der Waals surface area (Å²) in [5, 5.41) is 0. The largest absolute Gasteiger partial charge is 0.315 e. The summed E-state index contributed by atoms with van der Waals surface area (Å²) in [5.41, 5.74) is 1.33. The first-order chi connectivity index (χ1) is 6.15. The Balaban J connectivity index is 3.04. The summed E-state index contributed by atoms with van der Waals surface area (Å²) in [5.74, 6) is 0.490. The van der Waals surface area contributed by atoms with Crippen LogP contribution in [0, 0.1) is 0 Å². The van der Waals surface area contributed by atoms with E-state index in [9.17, 15) is 4.79 Å². The molecule has 1 heterocycles. The first kappa shape index (κ1) is 10.0. The number of aryl methyl sites for hydroxylation is 1. The van der Waals surface area contributed by atoms with Crippen molar-refractivity contribution in [2.75, 3.05) is 0 Å². The van der Waals surface area contributed by atoms with Crippen molar-refractivity contribution in [2.45, 2.75) is 39.7 Å². The van der Waals surface area contributed by atoms with Gasteiger partial charge in [0.25, 0.3) is 5.56 Å². The zero-order chi connectivity index (χ0) is 9.84. The summed E-state index contributed by atoms with van der Waals surface area (Å²) < 4.78 is 1.79. The molecule has 0 N–H and O–H groups in total. The molecule has 0 saturated carbocycles. The Labute approximate surface area is 79.2 Å². The fraction of sp³-hybridized carbons (Fsp3) is 0.545. The highest BCUT2D eigenvalue weighted by molar-refractivity contribution is 5.13. The predicted octanol–water partition coefficient (Wildman–Crippen LogP) is 2.38. The molecule has 0 aromatic carbocycles. The Hall–Kier alpha value is -1.05. The molecule has 13 heavy (non-hydrogen) atoms. The van der Waals surface area contributed by atoms with Gasteiger partial charge in [-0.3, -0.25) is 4.79 Å². The van der Waals surface area contributed by atoms with Gasteiger partial charge in [0.05, 0.1) is 0 Å². The van der Waals surface area contributed by atoms with Crippen LogP contribution < -0.4 is 5.56 Å². The maximum atomic E-state index is 11.3. The Morgan fingerprint density at radius 1 is 1.38 bits per heavy atom. The van der Waals surface area contributed by atoms with Gasteiger partial charge in [-0.1, -0.05) is 26.8 Å². The molecule has 0 aliphatic heterocycles. The maximum absolute atomic E-state index is 11.3. The fourth-order valence-electron chi connectivity index (χ4n) is 1.31. The van der Waals surface area contributed by atoms with E-state index in [0.717, 1.165) is 13.0 Å². The highest BCUT2D eigenvalue weighted by atomic mass is 16.1. The van der Waals surface area contributed by atoms with Crippen LogP contribution in [0.5, 0.6) is 0 Å². The van der Waals surface area contributed by atoms with Crippen molar-refractivity contribution in [3.05, 3.63) is 34.2 Å². The number of nitrogens with zero attached hydrogens (tertiary/aromatic N) is 1. The minimum atomic E-state index is 0.103. The van der Waals surface area contributed by atoms with Gasteiger partial charge in [-0.15, -0.1) is 0 Å². The van der Waals surface area contributed by atoms with E-state index in [2.05, 4.69) is 20.8 Å². The molecule has 0 amide bonds. The SMILES string of the molecule is CCCn1cc(C(C)C)ccc1=O. The smallest absolute Gasteiger partial charge is 0.250 e. The van der Waals surface area contributed by atoms with E-state index < -0.39 is 0 Å². The molecule has 0 aliphatic rings. The van der Waals surface area contributed by atoms with E-state index in [-0.39, 0.29) is 5.56 Å². The minimum Gasteiger partial charge on any atom is -0.315 e. The molecular formula is C11H17NO. The number of pyridine rings is 1. The van der Waals surface area contributed by atoms with Gasteiger partial charge in [0.15, 0.2) is 0 Å². The zero-order valence-electron chi connectivity index (χ0n) is 8.58. The van der Waals surface area contributed by atoms with Crippen LogP contribution in [-0.2, 0) is 6.54 Å². The molecule has 0 unspecified atom stereocenters. The quantitative estimate of drug-likeness (QED) is 0.698. The van der Waals surface area contributed by atoms with Crippen LogP contribution in [-0.4, -0.2) is 4.57 Å². The average Bonchev–Trinajstić information content (AvgIpc) is 2.08. The summed E-state index contributed by atoms with van der Waals surface area (Å²) in [6, 6.07) is 3.57. The van der Waals surface area contributed by atoms with Crippen LogP contribution in [0.1, 0.15) is 38.7 Å². The number of rotatable bonds is 3. The van der Waals surface area contributed by atoms with E-state index in [4.69, 9.17) is 0 Å². The van der Waals surface area contributed by atoms with Crippen molar-refractivity contribution in [2.24, 2.45) is 0 Å². The average molecular weight is 179 g/mol. The van der Waals surface area contributed by atoms with Gasteiger partial charge < -0.3 is 4.57 Å². The third kappa shape index (κ3) is 2.44. The van der Waals surface area contributed by atoms with Crippen LogP contribution in [0.3, 0.4) is 0 Å². The lowest BCUT2D eigenvalue weighted by Crippen LogP contribution is -2.18. The summed E-state index contributed by atoms with van der Waals surface area (Å²) in [6.45, 7) is 7.17. The summed E-state index contributed by atoms with van der Waals surface area (Å²) in [6.07, 6.45) is 2.97. The molecule has 0 radical (unpaired) electrons. The van der Waals surface area contributed by atoms with Crippen molar-refractivity contribution in [3.8, 4) is 0 Å². The molecule has 2 nitrogen and oxygen atoms in total. The summed E-state index contributed by atoms with van der Waals surface area (Å²) in [4.78, 5) is 11.3. The molecular weight excluding hydrogens is 162 g/mol. The lowest BCUT2D eigenvalue weighted by atomic mass is 10.1. The molecule has 0 spiro atoms. The Bertz CT molecular complexity index is 325. The molecule has 0 fully saturated rings. The second-order valence-electron chi connectivity index (χ2n) is 3.65. The molecule has 1 aromatic rings. The molecule has 0 atom stereocenters. The van der Waals surface area contributed by atoms with Crippen LogP contribution in [0.4, 0.5) is 0 Å². The molecule has 1 rings (SSSR count). The Morgan fingerprint density at radius 2 is 2.08 bits per heavy atom. The third-order valence-corrected chi connectivity index (χ3v) is 2.14. The number of aromatic nitrogens is 1. The first-order valence-electron chi connectivity index (χ1n) is 4.85. The highest BCUT2D eigenvalue weighted by Gasteiger charge is 2.00. The standard InChI is InChI=1S/C11H17NO/c1-4-7-12-8-10(9(2)3)5-6-11(12)13/h5-6,8-9H,4,7H2,1-3H3. The molecule has 1 aromatic heterocycles. The molecule has 72 valence electrons. The lowest BCUT2D eigenvalue weighted by molar-refractivity contribution is 0.644. The van der Waals surface area contributed by atoms with Crippen molar-refractivity contribution in [3.63, 3.8) is 0 Å². The maximum Gasteiger partial charge on any atom is 0.250 e. The fourth-order valence-corrected chi connectivity index (χ4v) is 1.31. The van der Waals surface area contributed by atoms with Gasteiger partial charge in [-0.2, -0.15) is 0 Å². The number of hydrogen-bond donors (Lipinski definition) is 0. The Kier molecular flexibility index (Phi) is 3.29. The number of hydrogen-bond acceptors (Lipinski definition) is 1. The van der Waals surface area contributed by atoms with E-state index in [0.29, 0.717) is 5.92 Å². The van der Waals surface area contributed by atoms with Gasteiger partial charge in [0, 0.05) is 18.8 Å². The van der Waals surface area contributed by atoms with Gasteiger partial charge in [-0.25, -0.2) is 0 Å². The lowest BCUT2D eigenvalue weighted by Gasteiger charge is -2.08. The van der Waals surface area contributed by atoms with E-state index in [1.54, 1.807) is 10.6 Å². The topological polar surface area (TPSA) is 22.0 Å². The summed E-state index contributed by atoms with van der Waals surface area (Å²) >= 11 is 0. The van der Waals surface area contributed by atoms with Crippen molar-refractivity contribution in [1.82, 2.24) is 4.57 Å². The molecule has 0 aliphatic carbocycles. The van der Waals surface area contributed by atoms with Crippen LogP contribution in [0.2, 0.25) is 0 Å². The molecule has 0 bridgehead atoms. The normalized spacial score (nSPS) is 10.8. The third-order valence-electron chi connectivity index (χ3n) is 2.14. The second kappa shape index (κ2) is 4.26. The van der Waals surface area contributed by atoms with Gasteiger partial charge in [0.1, 0.15) is 0 Å². The predicted molar refractivity (Wildman–Crippen MR) is 55.1 cm³/mol. The van der Waals surface area contributed by atoms with E-state index in [1.165, 1.54) is 5.56 Å². The van der Waals surface area contributed by atoms with Crippen LogP contribution in [0.25, 0.3) is 0 Å². The van der Waals surface area contributed by atoms with Crippen molar-refractivity contribution in [1.29, 1.82) is 0 Å². The van der Waals surface area contributed by atoms with Crippen molar-refractivity contribution >= 4 is 0 Å². The monoisotopic (exact) mass is 179 g/mol. The van der Waals surface area contributed by atoms with Gasteiger partial charge in [-0.05, 0) is 17.9 Å². The van der Waals surface area contributed by atoms with Gasteiger partial charge in [0.2, 0.25) is 0 Å². The van der Waals surface area contributed by atoms with E-state index >= 15 is 0 Å². The van der Waals surface area contributed by atoms with Crippen LogP contribution >= 0.6 is 0 Å². The Morgan fingerprint density at radius 3 is 2.62 bits per heavy atom. The zero-order valence-corrected chi connectivity index (χ0v) is 8.58. The van der Waals surface area contributed by atoms with E-state index in [1.807, 2.05) is 12.3 Å². The van der Waals surface area contributed by atoms with Gasteiger partial charge >= 0.3 is 0 Å². The summed E-state index contributed by atoms with van der Waals surface area (Å²) in [7, 11) is 0. The minimum absolute atomic E-state index is 0.103. The van der Waals surface area contributed by atoms with Crippen LogP contribution in [0.15, 0.2) is 23.1 Å².